The van der Waals surface area contributed by atoms with Crippen molar-refractivity contribution in [2.75, 3.05) is 52.5 Å². The van der Waals surface area contributed by atoms with Gasteiger partial charge >= 0.3 is 0 Å². The fraction of sp³-hybridized carbons (Fsp3) is 0.944. The molecule has 0 aromatic heterocycles. The summed E-state index contributed by atoms with van der Waals surface area (Å²) in [4.78, 5) is 16.9. The number of piperidine rings is 1. The number of rotatable bonds is 8. The van der Waals surface area contributed by atoms with E-state index in [4.69, 9.17) is 15.2 Å². The van der Waals surface area contributed by atoms with E-state index in [1.165, 1.54) is 0 Å². The van der Waals surface area contributed by atoms with Crippen molar-refractivity contribution in [1.82, 2.24) is 9.80 Å². The highest BCUT2D eigenvalue weighted by Crippen LogP contribution is 2.21. The SMILES string of the molecule is CCN(CC)CCOC1CCN(C(=O)C(N)C2CCOCC2)CC1. The molecule has 0 bridgehead atoms. The van der Waals surface area contributed by atoms with E-state index in [-0.39, 0.29) is 24.0 Å². The Balaban J connectivity index is 1.67. The standard InChI is InChI=1S/C18H35N3O3/c1-3-20(4-2)11-14-24-16-5-9-21(10-6-16)18(22)17(19)15-7-12-23-13-8-15/h15-17H,3-14,19H2,1-2H3. The van der Waals surface area contributed by atoms with E-state index in [1.807, 2.05) is 4.90 Å². The van der Waals surface area contributed by atoms with E-state index >= 15 is 0 Å². The summed E-state index contributed by atoms with van der Waals surface area (Å²) in [5.74, 6) is 0.387. The van der Waals surface area contributed by atoms with Gasteiger partial charge in [0.25, 0.3) is 0 Å². The lowest BCUT2D eigenvalue weighted by Gasteiger charge is -2.36. The van der Waals surface area contributed by atoms with E-state index in [2.05, 4.69) is 18.7 Å². The number of hydrogen-bond acceptors (Lipinski definition) is 5. The van der Waals surface area contributed by atoms with Crippen LogP contribution in [-0.2, 0) is 14.3 Å². The van der Waals surface area contributed by atoms with Crippen LogP contribution < -0.4 is 5.73 Å². The van der Waals surface area contributed by atoms with E-state index in [9.17, 15) is 4.79 Å². The molecule has 24 heavy (non-hydrogen) atoms. The minimum Gasteiger partial charge on any atom is -0.381 e. The molecule has 2 fully saturated rings. The Kier molecular flexibility index (Phi) is 8.45. The number of carbonyl (C=O) groups excluding carboxylic acids is 1. The molecule has 0 aromatic rings. The van der Waals surface area contributed by atoms with Crippen LogP contribution in [0.3, 0.4) is 0 Å². The maximum absolute atomic E-state index is 12.6. The Morgan fingerprint density at radius 3 is 2.42 bits per heavy atom. The summed E-state index contributed by atoms with van der Waals surface area (Å²) in [6.07, 6.45) is 3.92. The van der Waals surface area contributed by atoms with Gasteiger partial charge in [0.1, 0.15) is 0 Å². The third-order valence-electron chi connectivity index (χ3n) is 5.47. The topological polar surface area (TPSA) is 68.0 Å². The van der Waals surface area contributed by atoms with Gasteiger partial charge in [0.2, 0.25) is 5.91 Å². The van der Waals surface area contributed by atoms with Gasteiger partial charge in [0.05, 0.1) is 18.8 Å². The number of likely N-dealkylation sites (tertiary alicyclic amines) is 1. The number of nitrogens with zero attached hydrogens (tertiary/aromatic N) is 2. The second-order valence-electron chi connectivity index (χ2n) is 6.90. The van der Waals surface area contributed by atoms with Crippen molar-refractivity contribution in [3.05, 3.63) is 0 Å². The summed E-state index contributed by atoms with van der Waals surface area (Å²) in [6.45, 7) is 11.3. The predicted molar refractivity (Wildman–Crippen MR) is 94.9 cm³/mol. The molecular formula is C18H35N3O3. The second kappa shape index (κ2) is 10.3. The molecule has 0 spiro atoms. The number of amides is 1. The van der Waals surface area contributed by atoms with Crippen LogP contribution in [-0.4, -0.2) is 80.4 Å². The molecule has 1 atom stereocenters. The molecule has 1 unspecified atom stereocenters. The lowest BCUT2D eigenvalue weighted by molar-refractivity contribution is -0.137. The van der Waals surface area contributed by atoms with E-state index in [0.717, 1.165) is 78.2 Å². The average molecular weight is 341 g/mol. The van der Waals surface area contributed by atoms with Gasteiger partial charge in [-0.3, -0.25) is 4.79 Å². The Bertz CT molecular complexity index is 363. The van der Waals surface area contributed by atoms with E-state index in [0.29, 0.717) is 0 Å². The molecule has 2 saturated heterocycles. The molecule has 2 aliphatic heterocycles. The van der Waals surface area contributed by atoms with Gasteiger partial charge < -0.3 is 25.0 Å². The van der Waals surface area contributed by atoms with Gasteiger partial charge in [-0.1, -0.05) is 13.8 Å². The van der Waals surface area contributed by atoms with Gasteiger partial charge in [-0.15, -0.1) is 0 Å². The maximum atomic E-state index is 12.6. The van der Waals surface area contributed by atoms with Crippen LogP contribution in [0, 0.1) is 5.92 Å². The number of ether oxygens (including phenoxy) is 2. The molecule has 2 rings (SSSR count). The lowest BCUT2D eigenvalue weighted by Crippen LogP contribution is -2.52. The Hall–Kier alpha value is -0.690. The first-order valence-electron chi connectivity index (χ1n) is 9.61. The van der Waals surface area contributed by atoms with Gasteiger partial charge in [-0.05, 0) is 44.7 Å². The summed E-state index contributed by atoms with van der Waals surface area (Å²) >= 11 is 0. The van der Waals surface area contributed by atoms with Gasteiger partial charge in [0.15, 0.2) is 0 Å². The highest BCUT2D eigenvalue weighted by Gasteiger charge is 2.32. The fourth-order valence-corrected chi connectivity index (χ4v) is 3.62. The molecule has 0 aromatic carbocycles. The molecule has 6 nitrogen and oxygen atoms in total. The van der Waals surface area contributed by atoms with Gasteiger partial charge in [-0.2, -0.15) is 0 Å². The van der Waals surface area contributed by atoms with Gasteiger partial charge in [0, 0.05) is 32.8 Å². The van der Waals surface area contributed by atoms with Crippen molar-refractivity contribution in [3.63, 3.8) is 0 Å². The highest BCUT2D eigenvalue weighted by atomic mass is 16.5. The van der Waals surface area contributed by atoms with Crippen LogP contribution in [0.15, 0.2) is 0 Å². The molecule has 2 aliphatic rings. The molecule has 140 valence electrons. The van der Waals surface area contributed by atoms with Crippen molar-refractivity contribution in [1.29, 1.82) is 0 Å². The minimum absolute atomic E-state index is 0.114. The third-order valence-corrected chi connectivity index (χ3v) is 5.47. The maximum Gasteiger partial charge on any atom is 0.239 e. The van der Waals surface area contributed by atoms with Crippen molar-refractivity contribution in [2.45, 2.75) is 51.7 Å². The zero-order valence-corrected chi connectivity index (χ0v) is 15.4. The summed E-state index contributed by atoms with van der Waals surface area (Å²) in [6, 6.07) is -0.367. The Morgan fingerprint density at radius 2 is 1.83 bits per heavy atom. The van der Waals surface area contributed by atoms with Crippen molar-refractivity contribution in [2.24, 2.45) is 11.7 Å². The first-order valence-corrected chi connectivity index (χ1v) is 9.61. The normalized spacial score (nSPS) is 22.1. The average Bonchev–Trinajstić information content (AvgIpc) is 2.65. The number of hydrogen-bond donors (Lipinski definition) is 1. The first-order chi connectivity index (χ1) is 11.7. The molecule has 2 heterocycles. The van der Waals surface area contributed by atoms with E-state index in [1.54, 1.807) is 0 Å². The van der Waals surface area contributed by atoms with Crippen molar-refractivity contribution >= 4 is 5.91 Å². The van der Waals surface area contributed by atoms with Gasteiger partial charge in [-0.25, -0.2) is 0 Å². The summed E-state index contributed by atoms with van der Waals surface area (Å²) in [7, 11) is 0. The first kappa shape index (κ1) is 19.6. The number of nitrogens with two attached hydrogens (primary N) is 1. The van der Waals surface area contributed by atoms with Crippen LogP contribution >= 0.6 is 0 Å². The summed E-state index contributed by atoms with van der Waals surface area (Å²) in [5, 5.41) is 0. The second-order valence-corrected chi connectivity index (χ2v) is 6.90. The van der Waals surface area contributed by atoms with Crippen LogP contribution in [0.25, 0.3) is 0 Å². The highest BCUT2D eigenvalue weighted by molar-refractivity contribution is 5.82. The monoisotopic (exact) mass is 341 g/mol. The quantitative estimate of drug-likeness (QED) is 0.716. The molecule has 6 heteroatoms. The molecule has 0 radical (unpaired) electrons. The molecule has 0 aliphatic carbocycles. The van der Waals surface area contributed by atoms with Crippen LogP contribution in [0.5, 0.6) is 0 Å². The Labute approximate surface area is 146 Å². The summed E-state index contributed by atoms with van der Waals surface area (Å²) < 4.78 is 11.4. The largest absolute Gasteiger partial charge is 0.381 e. The Morgan fingerprint density at radius 1 is 1.21 bits per heavy atom. The van der Waals surface area contributed by atoms with Crippen LogP contribution in [0.4, 0.5) is 0 Å². The van der Waals surface area contributed by atoms with E-state index < -0.39 is 0 Å². The third kappa shape index (κ3) is 5.69. The predicted octanol–water partition coefficient (Wildman–Crippen LogP) is 1.09. The number of carbonyl (C=O) groups is 1. The van der Waals surface area contributed by atoms with Crippen LogP contribution in [0.1, 0.15) is 39.5 Å². The molecular weight excluding hydrogens is 306 g/mol. The summed E-state index contributed by atoms with van der Waals surface area (Å²) in [5.41, 5.74) is 6.22. The minimum atomic E-state index is -0.367. The van der Waals surface area contributed by atoms with Crippen molar-refractivity contribution < 1.29 is 14.3 Å². The number of likely N-dealkylation sites (N-methyl/N-ethyl adjacent to an activating group) is 1. The zero-order chi connectivity index (χ0) is 17.4. The smallest absolute Gasteiger partial charge is 0.239 e. The molecule has 0 saturated carbocycles. The molecule has 2 N–H and O–H groups in total. The zero-order valence-electron chi connectivity index (χ0n) is 15.4. The van der Waals surface area contributed by atoms with Crippen LogP contribution in [0.2, 0.25) is 0 Å². The fourth-order valence-electron chi connectivity index (χ4n) is 3.62. The molecule has 1 amide bonds. The lowest BCUT2D eigenvalue weighted by atomic mass is 9.91. The van der Waals surface area contributed by atoms with Crippen molar-refractivity contribution in [3.8, 4) is 0 Å².